The van der Waals surface area contributed by atoms with Crippen LogP contribution >= 0.6 is 15.9 Å². The molecule has 84 valence electrons. The molecule has 0 N–H and O–H groups in total. The number of hydrogen-bond donors (Lipinski definition) is 0. The Bertz CT molecular complexity index is 427. The van der Waals surface area contributed by atoms with Crippen molar-refractivity contribution in [2.75, 3.05) is 7.05 Å². The van der Waals surface area contributed by atoms with Crippen molar-refractivity contribution in [3.05, 3.63) is 28.5 Å². The molecule has 0 radical (unpaired) electrons. The number of aromatic nitrogens is 1. The highest BCUT2D eigenvalue weighted by Gasteiger charge is 2.17. The molecule has 0 aliphatic rings. The predicted octanol–water partition coefficient (Wildman–Crippen LogP) is 2.22. The molecule has 1 rings (SSSR count). The van der Waals surface area contributed by atoms with Crippen LogP contribution in [0, 0.1) is 11.3 Å². The Balaban J connectivity index is 2.82. The van der Waals surface area contributed by atoms with Gasteiger partial charge in [-0.25, -0.2) is 0 Å². The van der Waals surface area contributed by atoms with E-state index < -0.39 is 0 Å². The van der Waals surface area contributed by atoms with Crippen LogP contribution in [0.3, 0.4) is 0 Å². The summed E-state index contributed by atoms with van der Waals surface area (Å²) >= 11 is 3.26. The molecule has 0 saturated heterocycles. The smallest absolute Gasteiger partial charge is 0.255 e. The Kier molecular flexibility index (Phi) is 4.44. The molecular weight excluding hydrogens is 270 g/mol. The van der Waals surface area contributed by atoms with Crippen LogP contribution in [-0.4, -0.2) is 28.9 Å². The first-order chi connectivity index (χ1) is 7.56. The third-order valence-corrected chi connectivity index (χ3v) is 2.75. The fourth-order valence-corrected chi connectivity index (χ4v) is 1.57. The molecule has 0 bridgehead atoms. The van der Waals surface area contributed by atoms with Gasteiger partial charge in [-0.15, -0.1) is 0 Å². The zero-order chi connectivity index (χ0) is 12.1. The zero-order valence-electron chi connectivity index (χ0n) is 9.14. The first kappa shape index (κ1) is 12.7. The molecule has 5 heteroatoms. The van der Waals surface area contributed by atoms with Gasteiger partial charge in [0.25, 0.3) is 5.91 Å². The molecule has 0 aliphatic heterocycles. The van der Waals surface area contributed by atoms with E-state index in [1.165, 1.54) is 6.20 Å². The molecule has 0 fully saturated rings. The van der Waals surface area contributed by atoms with Crippen LogP contribution in [0.2, 0.25) is 0 Å². The highest BCUT2D eigenvalue weighted by atomic mass is 79.9. The molecule has 1 heterocycles. The van der Waals surface area contributed by atoms with Crippen LogP contribution in [0.25, 0.3) is 0 Å². The average molecular weight is 282 g/mol. The summed E-state index contributed by atoms with van der Waals surface area (Å²) in [5, 5.41) is 8.57. The van der Waals surface area contributed by atoms with Crippen molar-refractivity contribution in [1.29, 1.82) is 5.26 Å². The van der Waals surface area contributed by atoms with E-state index in [2.05, 4.69) is 20.9 Å². The molecule has 1 unspecified atom stereocenters. The summed E-state index contributed by atoms with van der Waals surface area (Å²) in [4.78, 5) is 17.5. The number of carbonyl (C=O) groups is 1. The minimum atomic E-state index is -0.128. The Morgan fingerprint density at radius 3 is 2.94 bits per heavy atom. The number of nitriles is 1. The largest absolute Gasteiger partial charge is 0.338 e. The number of hydrogen-bond acceptors (Lipinski definition) is 3. The Morgan fingerprint density at radius 2 is 2.38 bits per heavy atom. The van der Waals surface area contributed by atoms with Crippen LogP contribution < -0.4 is 0 Å². The van der Waals surface area contributed by atoms with Gasteiger partial charge in [0.15, 0.2) is 0 Å². The molecule has 4 nitrogen and oxygen atoms in total. The summed E-state index contributed by atoms with van der Waals surface area (Å²) in [5.74, 6) is -0.128. The van der Waals surface area contributed by atoms with Gasteiger partial charge in [0.1, 0.15) is 0 Å². The number of amides is 1. The van der Waals surface area contributed by atoms with Gasteiger partial charge in [0.05, 0.1) is 18.1 Å². The van der Waals surface area contributed by atoms with Crippen molar-refractivity contribution in [2.24, 2.45) is 0 Å². The van der Waals surface area contributed by atoms with Crippen LogP contribution in [0.4, 0.5) is 0 Å². The van der Waals surface area contributed by atoms with Gasteiger partial charge in [0, 0.05) is 30.0 Å². The van der Waals surface area contributed by atoms with E-state index in [-0.39, 0.29) is 11.9 Å². The van der Waals surface area contributed by atoms with Crippen molar-refractivity contribution < 1.29 is 4.79 Å². The van der Waals surface area contributed by atoms with Crippen LogP contribution in [0.1, 0.15) is 23.7 Å². The molecule has 16 heavy (non-hydrogen) atoms. The van der Waals surface area contributed by atoms with Crippen molar-refractivity contribution in [3.8, 4) is 6.07 Å². The summed E-state index contributed by atoms with van der Waals surface area (Å²) in [6.07, 6.45) is 3.46. The molecule has 0 aliphatic carbocycles. The van der Waals surface area contributed by atoms with Crippen LogP contribution in [0.5, 0.6) is 0 Å². The van der Waals surface area contributed by atoms with E-state index in [0.29, 0.717) is 12.0 Å². The highest BCUT2D eigenvalue weighted by Crippen LogP contribution is 2.13. The van der Waals surface area contributed by atoms with E-state index >= 15 is 0 Å². The third-order valence-electron chi connectivity index (χ3n) is 2.32. The Labute approximate surface area is 103 Å². The second kappa shape index (κ2) is 5.61. The molecule has 1 aromatic heterocycles. The van der Waals surface area contributed by atoms with E-state index in [1.54, 1.807) is 24.2 Å². The van der Waals surface area contributed by atoms with Crippen molar-refractivity contribution in [2.45, 2.75) is 19.4 Å². The first-order valence-corrected chi connectivity index (χ1v) is 5.60. The van der Waals surface area contributed by atoms with Gasteiger partial charge in [0.2, 0.25) is 0 Å². The average Bonchev–Trinajstić information content (AvgIpc) is 2.27. The minimum absolute atomic E-state index is 0.100. The molecule has 1 aromatic rings. The van der Waals surface area contributed by atoms with Gasteiger partial charge < -0.3 is 4.90 Å². The number of carbonyl (C=O) groups excluding carboxylic acids is 1. The quantitative estimate of drug-likeness (QED) is 0.854. The van der Waals surface area contributed by atoms with E-state index in [0.717, 1.165) is 4.47 Å². The fourth-order valence-electron chi connectivity index (χ4n) is 1.20. The normalized spacial score (nSPS) is 11.6. The molecule has 0 spiro atoms. The summed E-state index contributed by atoms with van der Waals surface area (Å²) in [6.45, 7) is 1.84. The number of halogens is 1. The molecular formula is C11H12BrN3O. The SMILES string of the molecule is CC(CC#N)N(C)C(=O)c1cncc(Br)c1. The Hall–Kier alpha value is -1.41. The second-order valence-corrected chi connectivity index (χ2v) is 4.43. The first-order valence-electron chi connectivity index (χ1n) is 4.81. The minimum Gasteiger partial charge on any atom is -0.338 e. The van der Waals surface area contributed by atoms with Crippen molar-refractivity contribution >= 4 is 21.8 Å². The van der Waals surface area contributed by atoms with Crippen molar-refractivity contribution in [1.82, 2.24) is 9.88 Å². The standard InChI is InChI=1S/C11H12BrN3O/c1-8(3-4-13)15(2)11(16)9-5-10(12)7-14-6-9/h5-8H,3H2,1-2H3. The lowest BCUT2D eigenvalue weighted by Crippen LogP contribution is -2.34. The number of nitrogens with zero attached hydrogens (tertiary/aromatic N) is 3. The van der Waals surface area contributed by atoms with Gasteiger partial charge in [-0.1, -0.05) is 0 Å². The molecule has 1 atom stereocenters. The number of rotatable bonds is 3. The topological polar surface area (TPSA) is 57.0 Å². The lowest BCUT2D eigenvalue weighted by molar-refractivity contribution is 0.0745. The van der Waals surface area contributed by atoms with Gasteiger partial charge in [-0.3, -0.25) is 9.78 Å². The van der Waals surface area contributed by atoms with E-state index in [1.807, 2.05) is 13.0 Å². The third kappa shape index (κ3) is 3.04. The summed E-state index contributed by atoms with van der Waals surface area (Å²) < 4.78 is 0.764. The predicted molar refractivity (Wildman–Crippen MR) is 63.7 cm³/mol. The van der Waals surface area contributed by atoms with Crippen molar-refractivity contribution in [3.63, 3.8) is 0 Å². The Morgan fingerprint density at radius 1 is 1.69 bits per heavy atom. The maximum absolute atomic E-state index is 12.0. The van der Waals surface area contributed by atoms with E-state index in [4.69, 9.17) is 5.26 Å². The summed E-state index contributed by atoms with van der Waals surface area (Å²) in [6, 6.07) is 3.66. The van der Waals surface area contributed by atoms with Gasteiger partial charge >= 0.3 is 0 Å². The fraction of sp³-hybridized carbons (Fsp3) is 0.364. The maximum atomic E-state index is 12.0. The zero-order valence-corrected chi connectivity index (χ0v) is 10.7. The molecule has 0 aromatic carbocycles. The number of pyridine rings is 1. The van der Waals surface area contributed by atoms with Gasteiger partial charge in [-0.2, -0.15) is 5.26 Å². The lowest BCUT2D eigenvalue weighted by Gasteiger charge is -2.22. The maximum Gasteiger partial charge on any atom is 0.255 e. The second-order valence-electron chi connectivity index (χ2n) is 3.52. The molecule has 1 amide bonds. The van der Waals surface area contributed by atoms with Crippen LogP contribution in [-0.2, 0) is 0 Å². The highest BCUT2D eigenvalue weighted by molar-refractivity contribution is 9.10. The van der Waals surface area contributed by atoms with E-state index in [9.17, 15) is 4.79 Å². The lowest BCUT2D eigenvalue weighted by atomic mass is 10.2. The van der Waals surface area contributed by atoms with Crippen LogP contribution in [0.15, 0.2) is 22.9 Å². The molecule has 0 saturated carbocycles. The monoisotopic (exact) mass is 281 g/mol. The van der Waals surface area contributed by atoms with Gasteiger partial charge in [-0.05, 0) is 28.9 Å². The summed E-state index contributed by atoms with van der Waals surface area (Å²) in [5.41, 5.74) is 0.515. The summed E-state index contributed by atoms with van der Waals surface area (Å²) in [7, 11) is 1.69.